The smallest absolute Gasteiger partial charge is 0.274 e. The highest BCUT2D eigenvalue weighted by molar-refractivity contribution is 6.04. The number of amides is 2. The van der Waals surface area contributed by atoms with Crippen LogP contribution < -0.4 is 15.0 Å². The first-order chi connectivity index (χ1) is 13.4. The Balaban J connectivity index is 1.75. The van der Waals surface area contributed by atoms with Crippen molar-refractivity contribution in [1.29, 1.82) is 0 Å². The van der Waals surface area contributed by atoms with E-state index in [0.717, 1.165) is 0 Å². The van der Waals surface area contributed by atoms with Gasteiger partial charge >= 0.3 is 0 Å². The van der Waals surface area contributed by atoms with E-state index in [4.69, 9.17) is 4.74 Å². The minimum absolute atomic E-state index is 0.0459. The third kappa shape index (κ3) is 3.95. The van der Waals surface area contributed by atoms with Crippen LogP contribution in [-0.4, -0.2) is 29.9 Å². The summed E-state index contributed by atoms with van der Waals surface area (Å²) in [5.74, 6) is -0.516. The minimum Gasteiger partial charge on any atom is -0.492 e. The molecule has 2 aromatic rings. The largest absolute Gasteiger partial charge is 0.492 e. The van der Waals surface area contributed by atoms with Crippen molar-refractivity contribution in [3.05, 3.63) is 58.1 Å². The number of nitrogens with one attached hydrogen (secondary N) is 1. The van der Waals surface area contributed by atoms with E-state index < -0.39 is 10.8 Å². The van der Waals surface area contributed by atoms with Crippen LogP contribution in [0.1, 0.15) is 18.9 Å². The Hall–Kier alpha value is -3.42. The van der Waals surface area contributed by atoms with Crippen molar-refractivity contribution in [3.63, 3.8) is 0 Å². The van der Waals surface area contributed by atoms with E-state index >= 15 is 0 Å². The van der Waals surface area contributed by atoms with Crippen LogP contribution >= 0.6 is 0 Å². The monoisotopic (exact) mass is 383 g/mol. The molecular formula is C20H21N3O5. The van der Waals surface area contributed by atoms with Crippen molar-refractivity contribution in [3.8, 4) is 5.75 Å². The number of carbonyl (C=O) groups is 2. The fourth-order valence-corrected chi connectivity index (χ4v) is 3.18. The molecule has 0 radical (unpaired) electrons. The van der Waals surface area contributed by atoms with Gasteiger partial charge in [-0.05, 0) is 32.0 Å². The molecule has 146 valence electrons. The molecular weight excluding hydrogens is 362 g/mol. The van der Waals surface area contributed by atoms with Crippen LogP contribution in [0.5, 0.6) is 5.75 Å². The number of benzene rings is 2. The maximum atomic E-state index is 12.7. The molecule has 0 saturated carbocycles. The quantitative estimate of drug-likeness (QED) is 0.609. The molecule has 8 heteroatoms. The van der Waals surface area contributed by atoms with Crippen molar-refractivity contribution in [2.45, 2.75) is 20.3 Å². The van der Waals surface area contributed by atoms with Crippen LogP contribution in [0, 0.1) is 23.0 Å². The van der Waals surface area contributed by atoms with E-state index in [1.807, 2.05) is 13.0 Å². The van der Waals surface area contributed by atoms with Crippen LogP contribution in [0.15, 0.2) is 42.5 Å². The van der Waals surface area contributed by atoms with Crippen LogP contribution in [-0.2, 0) is 9.59 Å². The van der Waals surface area contributed by atoms with Gasteiger partial charge in [-0.3, -0.25) is 19.7 Å². The fourth-order valence-electron chi connectivity index (χ4n) is 3.18. The minimum atomic E-state index is -0.553. The molecule has 28 heavy (non-hydrogen) atoms. The SMILES string of the molecule is CCOc1ccccc1NC(=O)[C@H]1CC(=O)N(c2ccc(C)c([N+](=O)[O-])c2)C1. The van der Waals surface area contributed by atoms with Gasteiger partial charge < -0.3 is 15.0 Å². The number of nitrogens with zero attached hydrogens (tertiary/aromatic N) is 2. The predicted octanol–water partition coefficient (Wildman–Crippen LogP) is 3.29. The van der Waals surface area contributed by atoms with Gasteiger partial charge in [0.15, 0.2) is 0 Å². The molecule has 1 atom stereocenters. The molecule has 0 spiro atoms. The summed E-state index contributed by atoms with van der Waals surface area (Å²) >= 11 is 0. The lowest BCUT2D eigenvalue weighted by atomic mass is 10.1. The van der Waals surface area contributed by atoms with Crippen molar-refractivity contribution < 1.29 is 19.2 Å². The van der Waals surface area contributed by atoms with Crippen molar-refractivity contribution >= 4 is 28.9 Å². The van der Waals surface area contributed by atoms with Gasteiger partial charge in [0.2, 0.25) is 11.8 Å². The van der Waals surface area contributed by atoms with Gasteiger partial charge in [0.05, 0.1) is 28.8 Å². The highest BCUT2D eigenvalue weighted by Gasteiger charge is 2.36. The maximum absolute atomic E-state index is 12.7. The molecule has 0 bridgehead atoms. The second-order valence-electron chi connectivity index (χ2n) is 6.55. The van der Waals surface area contributed by atoms with E-state index in [1.165, 1.54) is 11.0 Å². The maximum Gasteiger partial charge on any atom is 0.274 e. The zero-order chi connectivity index (χ0) is 20.3. The van der Waals surface area contributed by atoms with E-state index in [2.05, 4.69) is 5.32 Å². The Kier molecular flexibility index (Phi) is 5.58. The topological polar surface area (TPSA) is 102 Å². The van der Waals surface area contributed by atoms with Crippen LogP contribution in [0.25, 0.3) is 0 Å². The van der Waals surface area contributed by atoms with E-state index in [9.17, 15) is 19.7 Å². The van der Waals surface area contributed by atoms with Gasteiger partial charge in [-0.25, -0.2) is 0 Å². The first-order valence-electron chi connectivity index (χ1n) is 8.98. The molecule has 2 aromatic carbocycles. The molecule has 2 amide bonds. The number of ether oxygens (including phenoxy) is 1. The van der Waals surface area contributed by atoms with Gasteiger partial charge in [0, 0.05) is 24.6 Å². The molecule has 1 N–H and O–H groups in total. The third-order valence-corrected chi connectivity index (χ3v) is 4.64. The Morgan fingerprint density at radius 2 is 2.07 bits per heavy atom. The highest BCUT2D eigenvalue weighted by Crippen LogP contribution is 2.31. The number of anilines is 2. The summed E-state index contributed by atoms with van der Waals surface area (Å²) in [4.78, 5) is 37.2. The third-order valence-electron chi connectivity index (χ3n) is 4.64. The Morgan fingerprint density at radius 1 is 1.32 bits per heavy atom. The van der Waals surface area contributed by atoms with E-state index in [-0.39, 0.29) is 30.5 Å². The van der Waals surface area contributed by atoms with Crippen molar-refractivity contribution in [2.24, 2.45) is 5.92 Å². The number of hydrogen-bond donors (Lipinski definition) is 1. The Bertz CT molecular complexity index is 928. The molecule has 0 aromatic heterocycles. The summed E-state index contributed by atoms with van der Waals surface area (Å²) in [7, 11) is 0. The number of para-hydroxylation sites is 2. The molecule has 3 rings (SSSR count). The molecule has 1 heterocycles. The summed E-state index contributed by atoms with van der Waals surface area (Å²) in [5.41, 5.74) is 1.43. The summed E-state index contributed by atoms with van der Waals surface area (Å²) in [6, 6.07) is 11.7. The second-order valence-corrected chi connectivity index (χ2v) is 6.55. The Morgan fingerprint density at radius 3 is 2.79 bits per heavy atom. The first-order valence-corrected chi connectivity index (χ1v) is 8.98. The van der Waals surface area contributed by atoms with Crippen LogP contribution in [0.3, 0.4) is 0 Å². The average molecular weight is 383 g/mol. The predicted molar refractivity (Wildman–Crippen MR) is 105 cm³/mol. The molecule has 8 nitrogen and oxygen atoms in total. The lowest BCUT2D eigenvalue weighted by molar-refractivity contribution is -0.385. The molecule has 1 aliphatic heterocycles. The first kappa shape index (κ1) is 19.3. The van der Waals surface area contributed by atoms with Gasteiger partial charge in [-0.15, -0.1) is 0 Å². The zero-order valence-corrected chi connectivity index (χ0v) is 15.7. The van der Waals surface area contributed by atoms with Gasteiger partial charge in [-0.2, -0.15) is 0 Å². The van der Waals surface area contributed by atoms with Crippen LogP contribution in [0.2, 0.25) is 0 Å². The number of rotatable bonds is 6. The van der Waals surface area contributed by atoms with Gasteiger partial charge in [-0.1, -0.05) is 18.2 Å². The van der Waals surface area contributed by atoms with E-state index in [0.29, 0.717) is 29.3 Å². The molecule has 1 fully saturated rings. The standard InChI is InChI=1S/C20H21N3O5/c1-3-28-18-7-5-4-6-16(18)21-20(25)14-10-19(24)22(12-14)15-9-8-13(2)17(11-15)23(26)27/h4-9,11,14H,3,10,12H2,1-2H3,(H,21,25)/t14-/m0/s1. The second kappa shape index (κ2) is 8.08. The van der Waals surface area contributed by atoms with Gasteiger partial charge in [0.25, 0.3) is 5.69 Å². The summed E-state index contributed by atoms with van der Waals surface area (Å²) in [5, 5.41) is 14.0. The fraction of sp³-hybridized carbons (Fsp3) is 0.300. The summed E-state index contributed by atoms with van der Waals surface area (Å²) < 4.78 is 5.50. The number of nitro benzene ring substituents is 1. The number of hydrogen-bond acceptors (Lipinski definition) is 5. The Labute approximate surface area is 162 Å². The molecule has 1 aliphatic rings. The molecule has 0 unspecified atom stereocenters. The molecule has 0 aliphatic carbocycles. The summed E-state index contributed by atoms with van der Waals surface area (Å²) in [6.45, 7) is 4.13. The van der Waals surface area contributed by atoms with Crippen LogP contribution in [0.4, 0.5) is 17.1 Å². The average Bonchev–Trinajstić information content (AvgIpc) is 3.05. The molecule has 1 saturated heterocycles. The lowest BCUT2D eigenvalue weighted by Gasteiger charge is -2.17. The van der Waals surface area contributed by atoms with E-state index in [1.54, 1.807) is 37.3 Å². The number of carbonyl (C=O) groups excluding carboxylic acids is 2. The zero-order valence-electron chi connectivity index (χ0n) is 15.7. The highest BCUT2D eigenvalue weighted by atomic mass is 16.6. The van der Waals surface area contributed by atoms with Gasteiger partial charge in [0.1, 0.15) is 5.75 Å². The van der Waals surface area contributed by atoms with Crippen molar-refractivity contribution in [2.75, 3.05) is 23.4 Å². The lowest BCUT2D eigenvalue weighted by Crippen LogP contribution is -2.28. The summed E-state index contributed by atoms with van der Waals surface area (Å²) in [6.07, 6.45) is 0.0459. The van der Waals surface area contributed by atoms with Crippen molar-refractivity contribution in [1.82, 2.24) is 0 Å². The number of nitro groups is 1. The normalized spacial score (nSPS) is 16.1. The number of aryl methyl sites for hydroxylation is 1.